The molecule has 0 radical (unpaired) electrons. The summed E-state index contributed by atoms with van der Waals surface area (Å²) >= 11 is 0. The van der Waals surface area contributed by atoms with E-state index in [-0.39, 0.29) is 5.91 Å². The van der Waals surface area contributed by atoms with Gasteiger partial charge in [-0.05, 0) is 51.4 Å². The Morgan fingerprint density at radius 1 is 0.886 bits per heavy atom. The van der Waals surface area contributed by atoms with Crippen LogP contribution in [0, 0.1) is 0 Å². The fourth-order valence-corrected chi connectivity index (χ4v) is 4.41. The van der Waals surface area contributed by atoms with E-state index in [1.165, 1.54) is 109 Å². The van der Waals surface area contributed by atoms with Crippen LogP contribution in [-0.2, 0) is 19.4 Å². The minimum Gasteiger partial charge on any atom is -0.726 e. The number of rotatable bonds is 19. The molecule has 0 unspecified atom stereocenters. The molecule has 1 saturated heterocycles. The van der Waals surface area contributed by atoms with Crippen molar-refractivity contribution < 1.29 is 26.4 Å². The molecular formula is C27H54N2O5S. The minimum absolute atomic E-state index is 0.256. The van der Waals surface area contributed by atoms with Gasteiger partial charge in [0.1, 0.15) is 0 Å². The molecule has 0 aromatic heterocycles. The van der Waals surface area contributed by atoms with Crippen LogP contribution in [-0.4, -0.2) is 63.7 Å². The van der Waals surface area contributed by atoms with Crippen LogP contribution in [0.15, 0.2) is 12.2 Å². The topological polar surface area (TPSA) is 95.5 Å². The molecule has 0 spiro atoms. The van der Waals surface area contributed by atoms with Gasteiger partial charge in [0, 0.05) is 6.42 Å². The molecule has 0 aliphatic carbocycles. The van der Waals surface area contributed by atoms with Crippen molar-refractivity contribution in [2.24, 2.45) is 0 Å². The predicted molar refractivity (Wildman–Crippen MR) is 144 cm³/mol. The number of likely N-dealkylation sites (N-methyl/N-ethyl adjacent to an activating group) is 1. The standard InChI is InChI=1S/C26H50N2O.CH4O4S/c1-3-4-5-6-7-8-9-10-11-12-13-14-15-16-18-21-26(29)27-22-25-28(2)23-19-17-20-24-28;1-5-6(2,3)4/h10-11H,3-9,12-25H2,1-2H3;1H3,(H,2,3,4)/b11-10-;. The van der Waals surface area contributed by atoms with Crippen molar-refractivity contribution in [3.05, 3.63) is 12.2 Å². The molecule has 8 heteroatoms. The Labute approximate surface area is 216 Å². The van der Waals surface area contributed by atoms with E-state index in [2.05, 4.69) is 35.6 Å². The van der Waals surface area contributed by atoms with Crippen molar-refractivity contribution >= 4 is 16.3 Å². The minimum atomic E-state index is -4.41. The summed E-state index contributed by atoms with van der Waals surface area (Å²) in [5, 5.41) is 3.14. The van der Waals surface area contributed by atoms with E-state index in [0.717, 1.165) is 31.1 Å². The first-order valence-electron chi connectivity index (χ1n) is 14.0. The second-order valence-corrected chi connectivity index (χ2v) is 11.3. The van der Waals surface area contributed by atoms with Crippen LogP contribution in [0.5, 0.6) is 0 Å². The Hall–Kier alpha value is -0.960. The summed E-state index contributed by atoms with van der Waals surface area (Å²) < 4.78 is 32.2. The number of likely N-dealkylation sites (tertiary alicyclic amines) is 1. The lowest BCUT2D eigenvalue weighted by Gasteiger charge is -2.37. The number of hydrogen-bond acceptors (Lipinski definition) is 5. The molecule has 0 aromatic rings. The third-order valence-electron chi connectivity index (χ3n) is 6.74. The zero-order valence-electron chi connectivity index (χ0n) is 22.9. The van der Waals surface area contributed by atoms with Gasteiger partial charge in [0.15, 0.2) is 0 Å². The monoisotopic (exact) mass is 518 g/mol. The van der Waals surface area contributed by atoms with Crippen LogP contribution in [0.4, 0.5) is 0 Å². The van der Waals surface area contributed by atoms with Crippen LogP contribution in [0.2, 0.25) is 0 Å². The summed E-state index contributed by atoms with van der Waals surface area (Å²) in [6, 6.07) is 0. The van der Waals surface area contributed by atoms with Crippen LogP contribution in [0.3, 0.4) is 0 Å². The average molecular weight is 519 g/mol. The Bertz CT molecular complexity index is 631. The molecule has 1 aliphatic heterocycles. The molecule has 35 heavy (non-hydrogen) atoms. The van der Waals surface area contributed by atoms with Gasteiger partial charge in [0.25, 0.3) is 0 Å². The number of hydrogen-bond donors (Lipinski definition) is 1. The van der Waals surface area contributed by atoms with E-state index in [1.807, 2.05) is 0 Å². The van der Waals surface area contributed by atoms with Crippen molar-refractivity contribution in [2.75, 3.05) is 40.3 Å². The fourth-order valence-electron chi connectivity index (χ4n) is 4.41. The van der Waals surface area contributed by atoms with E-state index < -0.39 is 10.4 Å². The molecule has 0 atom stereocenters. The summed E-state index contributed by atoms with van der Waals surface area (Å²) in [5.74, 6) is 0.256. The maximum absolute atomic E-state index is 12.0. The number of carbonyl (C=O) groups is 1. The third-order valence-corrected chi connectivity index (χ3v) is 7.15. The lowest BCUT2D eigenvalue weighted by Crippen LogP contribution is -2.51. The summed E-state index contributed by atoms with van der Waals surface area (Å²) in [6.45, 7) is 6.78. The van der Waals surface area contributed by atoms with Gasteiger partial charge in [-0.1, -0.05) is 70.4 Å². The van der Waals surface area contributed by atoms with Crippen molar-refractivity contribution in [3.63, 3.8) is 0 Å². The maximum atomic E-state index is 12.0. The summed E-state index contributed by atoms with van der Waals surface area (Å²) in [5.41, 5.74) is 0. The van der Waals surface area contributed by atoms with Crippen LogP contribution < -0.4 is 5.32 Å². The molecule has 1 N–H and O–H groups in total. The van der Waals surface area contributed by atoms with Gasteiger partial charge in [-0.3, -0.25) is 8.98 Å². The number of nitrogens with one attached hydrogen (secondary N) is 1. The van der Waals surface area contributed by atoms with E-state index in [0.29, 0.717) is 6.42 Å². The number of amides is 1. The summed E-state index contributed by atoms with van der Waals surface area (Å²) in [6.07, 6.45) is 26.5. The van der Waals surface area contributed by atoms with Crippen molar-refractivity contribution in [2.45, 2.75) is 116 Å². The van der Waals surface area contributed by atoms with Crippen LogP contribution in [0.1, 0.15) is 116 Å². The molecule has 1 amide bonds. The van der Waals surface area contributed by atoms with Crippen molar-refractivity contribution in [3.8, 4) is 0 Å². The Balaban J connectivity index is 0.00000170. The predicted octanol–water partition coefficient (Wildman–Crippen LogP) is 5.86. The molecule has 7 nitrogen and oxygen atoms in total. The van der Waals surface area contributed by atoms with Gasteiger partial charge in [-0.2, -0.15) is 0 Å². The smallest absolute Gasteiger partial charge is 0.220 e. The van der Waals surface area contributed by atoms with Crippen LogP contribution in [0.25, 0.3) is 0 Å². The summed E-state index contributed by atoms with van der Waals surface area (Å²) in [7, 11) is -1.26. The SMILES string of the molecule is CCCCCCCC/C=C\CCCCCCCC(=O)NCC[N+]1(C)CCCCC1.COS(=O)(=O)[O-]. The molecule has 1 heterocycles. The lowest BCUT2D eigenvalue weighted by molar-refractivity contribution is -0.912. The molecular weight excluding hydrogens is 464 g/mol. The first-order chi connectivity index (χ1) is 16.7. The highest BCUT2D eigenvalue weighted by Crippen LogP contribution is 2.15. The fraction of sp³-hybridized carbons (Fsp3) is 0.889. The second kappa shape index (κ2) is 22.3. The number of piperidine rings is 1. The third kappa shape index (κ3) is 24.5. The van der Waals surface area contributed by atoms with Gasteiger partial charge < -0.3 is 14.4 Å². The molecule has 0 saturated carbocycles. The zero-order valence-corrected chi connectivity index (χ0v) is 23.7. The highest BCUT2D eigenvalue weighted by molar-refractivity contribution is 7.80. The van der Waals surface area contributed by atoms with Gasteiger partial charge in [-0.25, -0.2) is 8.42 Å². The largest absolute Gasteiger partial charge is 0.726 e. The first kappa shape index (κ1) is 34.0. The van der Waals surface area contributed by atoms with E-state index in [4.69, 9.17) is 0 Å². The molecule has 0 aromatic carbocycles. The maximum Gasteiger partial charge on any atom is 0.220 e. The number of quaternary nitrogens is 1. The van der Waals surface area contributed by atoms with Crippen molar-refractivity contribution in [1.82, 2.24) is 5.32 Å². The van der Waals surface area contributed by atoms with Gasteiger partial charge in [-0.15, -0.1) is 0 Å². The van der Waals surface area contributed by atoms with E-state index in [9.17, 15) is 17.8 Å². The second-order valence-electron chi connectivity index (χ2n) is 10.1. The molecule has 1 rings (SSSR count). The highest BCUT2D eigenvalue weighted by atomic mass is 32.3. The van der Waals surface area contributed by atoms with Crippen molar-refractivity contribution in [1.29, 1.82) is 0 Å². The van der Waals surface area contributed by atoms with Gasteiger partial charge >= 0.3 is 0 Å². The summed E-state index contributed by atoms with van der Waals surface area (Å²) in [4.78, 5) is 12.0. The number of carbonyl (C=O) groups excluding carboxylic acids is 1. The number of nitrogens with zero attached hydrogens (tertiary/aromatic N) is 1. The van der Waals surface area contributed by atoms with Gasteiger partial charge in [0.2, 0.25) is 16.3 Å². The normalized spacial score (nSPS) is 15.5. The lowest BCUT2D eigenvalue weighted by atomic mass is 10.1. The Kier molecular flexibility index (Phi) is 21.6. The molecule has 208 valence electrons. The molecule has 1 fully saturated rings. The Morgan fingerprint density at radius 3 is 1.89 bits per heavy atom. The van der Waals surface area contributed by atoms with E-state index in [1.54, 1.807) is 0 Å². The number of allylic oxidation sites excluding steroid dienone is 2. The molecule has 1 aliphatic rings. The Morgan fingerprint density at radius 2 is 1.37 bits per heavy atom. The quantitative estimate of drug-likeness (QED) is 0.0759. The van der Waals surface area contributed by atoms with Crippen LogP contribution >= 0.6 is 0 Å². The number of unbranched alkanes of at least 4 members (excludes halogenated alkanes) is 11. The molecule has 0 bridgehead atoms. The average Bonchev–Trinajstić information content (AvgIpc) is 2.82. The van der Waals surface area contributed by atoms with Gasteiger partial charge in [0.05, 0.1) is 40.3 Å². The zero-order chi connectivity index (χ0) is 26.3. The first-order valence-corrected chi connectivity index (χ1v) is 15.3. The highest BCUT2D eigenvalue weighted by Gasteiger charge is 2.23. The van der Waals surface area contributed by atoms with E-state index >= 15 is 0 Å².